The minimum absolute atomic E-state index is 0.925. The Morgan fingerprint density at radius 3 is 2.50 bits per heavy atom. The Kier molecular flexibility index (Phi) is 3.92. The summed E-state index contributed by atoms with van der Waals surface area (Å²) >= 11 is 1.99. The van der Waals surface area contributed by atoms with E-state index in [2.05, 4.69) is 41.4 Å². The first-order valence-electron chi connectivity index (χ1n) is 6.94. The summed E-state index contributed by atoms with van der Waals surface area (Å²) in [6.45, 7) is 8.49. The van der Waals surface area contributed by atoms with Crippen molar-refractivity contribution in [3.63, 3.8) is 0 Å². The molecule has 2 fully saturated rings. The number of hydrogen-bond donors (Lipinski definition) is 1. The summed E-state index contributed by atoms with van der Waals surface area (Å²) in [5.41, 5.74) is 1.35. The van der Waals surface area contributed by atoms with Crippen LogP contribution in [0.3, 0.4) is 0 Å². The van der Waals surface area contributed by atoms with Crippen molar-refractivity contribution >= 4 is 11.8 Å². The number of likely N-dealkylation sites (tertiary alicyclic amines) is 1. The van der Waals surface area contributed by atoms with E-state index in [-0.39, 0.29) is 0 Å². The maximum atomic E-state index is 3.50. The largest absolute Gasteiger partial charge is 0.316 e. The van der Waals surface area contributed by atoms with Crippen molar-refractivity contribution in [3.8, 4) is 0 Å². The normalized spacial score (nSPS) is 27.6. The molecule has 1 aromatic rings. The predicted molar refractivity (Wildman–Crippen MR) is 78.2 cm³/mol. The second-order valence-corrected chi connectivity index (χ2v) is 6.77. The Hall–Kier alpha value is -0.510. The van der Waals surface area contributed by atoms with Gasteiger partial charge in [0.25, 0.3) is 0 Å². The zero-order chi connectivity index (χ0) is 12.4. The van der Waals surface area contributed by atoms with Gasteiger partial charge in [0.05, 0.1) is 0 Å². The molecular weight excluding hydrogens is 240 g/mol. The molecule has 0 aliphatic carbocycles. The zero-order valence-electron chi connectivity index (χ0n) is 11.1. The highest BCUT2D eigenvalue weighted by Gasteiger charge is 2.35. The molecule has 3 rings (SSSR count). The third kappa shape index (κ3) is 2.90. The minimum Gasteiger partial charge on any atom is -0.316 e. The third-order valence-corrected chi connectivity index (χ3v) is 5.15. The van der Waals surface area contributed by atoms with Crippen LogP contribution in [0.15, 0.2) is 29.2 Å². The quantitative estimate of drug-likeness (QED) is 0.838. The van der Waals surface area contributed by atoms with Crippen LogP contribution in [-0.2, 0) is 0 Å². The smallest absolute Gasteiger partial charge is 0.0108 e. The lowest BCUT2D eigenvalue weighted by molar-refractivity contribution is 0.333. The summed E-state index contributed by atoms with van der Waals surface area (Å²) in [7, 11) is 0. The summed E-state index contributed by atoms with van der Waals surface area (Å²) in [5.74, 6) is 3.07. The molecule has 2 nitrogen and oxygen atoms in total. The van der Waals surface area contributed by atoms with Crippen LogP contribution in [0.4, 0.5) is 0 Å². The van der Waals surface area contributed by atoms with Gasteiger partial charge in [-0.05, 0) is 44.0 Å². The van der Waals surface area contributed by atoms with Gasteiger partial charge < -0.3 is 10.2 Å². The molecule has 0 saturated carbocycles. The molecule has 18 heavy (non-hydrogen) atoms. The van der Waals surface area contributed by atoms with Gasteiger partial charge in [0.15, 0.2) is 0 Å². The fourth-order valence-electron chi connectivity index (χ4n) is 3.06. The molecule has 3 heteroatoms. The van der Waals surface area contributed by atoms with E-state index >= 15 is 0 Å². The molecule has 2 heterocycles. The Bertz CT molecular complexity index is 378. The number of aryl methyl sites for hydroxylation is 1. The van der Waals surface area contributed by atoms with E-state index in [0.29, 0.717) is 0 Å². The average Bonchev–Trinajstić information content (AvgIpc) is 2.92. The standard InChI is InChI=1S/C15H22N2S/c1-12-2-4-15(5-3-12)18-7-6-17-10-13-8-16-9-14(13)11-17/h2-5,13-14,16H,6-11H2,1H3. The topological polar surface area (TPSA) is 15.3 Å². The van der Waals surface area contributed by atoms with Crippen molar-refractivity contribution < 1.29 is 0 Å². The van der Waals surface area contributed by atoms with E-state index in [9.17, 15) is 0 Å². The van der Waals surface area contributed by atoms with Crippen molar-refractivity contribution in [2.75, 3.05) is 38.5 Å². The molecule has 2 saturated heterocycles. The SMILES string of the molecule is Cc1ccc(SCCN2CC3CNCC3C2)cc1. The van der Waals surface area contributed by atoms with Crippen LogP contribution in [0.2, 0.25) is 0 Å². The molecule has 0 amide bonds. The van der Waals surface area contributed by atoms with E-state index in [1.165, 1.54) is 48.9 Å². The molecule has 1 N–H and O–H groups in total. The molecule has 2 aliphatic rings. The summed E-state index contributed by atoms with van der Waals surface area (Å²) < 4.78 is 0. The highest BCUT2D eigenvalue weighted by molar-refractivity contribution is 7.99. The first-order valence-corrected chi connectivity index (χ1v) is 7.92. The molecule has 2 atom stereocenters. The molecule has 2 unspecified atom stereocenters. The second kappa shape index (κ2) is 5.64. The lowest BCUT2D eigenvalue weighted by Crippen LogP contribution is -2.27. The fraction of sp³-hybridized carbons (Fsp3) is 0.600. The van der Waals surface area contributed by atoms with Gasteiger partial charge in [-0.25, -0.2) is 0 Å². The third-order valence-electron chi connectivity index (χ3n) is 4.16. The lowest BCUT2D eigenvalue weighted by atomic mass is 10.0. The van der Waals surface area contributed by atoms with Gasteiger partial charge in [0.1, 0.15) is 0 Å². The minimum atomic E-state index is 0.925. The Balaban J connectivity index is 1.41. The highest BCUT2D eigenvalue weighted by Crippen LogP contribution is 2.27. The van der Waals surface area contributed by atoms with E-state index in [1.807, 2.05) is 11.8 Å². The van der Waals surface area contributed by atoms with Crippen LogP contribution in [0.5, 0.6) is 0 Å². The number of benzene rings is 1. The lowest BCUT2D eigenvalue weighted by Gasteiger charge is -2.16. The van der Waals surface area contributed by atoms with Crippen LogP contribution >= 0.6 is 11.8 Å². The summed E-state index contributed by atoms with van der Waals surface area (Å²) in [6.07, 6.45) is 0. The van der Waals surface area contributed by atoms with Crippen LogP contribution in [0, 0.1) is 18.8 Å². The van der Waals surface area contributed by atoms with Gasteiger partial charge >= 0.3 is 0 Å². The van der Waals surface area contributed by atoms with Gasteiger partial charge in [-0.1, -0.05) is 17.7 Å². The van der Waals surface area contributed by atoms with Gasteiger partial charge in [0, 0.05) is 30.3 Å². The number of rotatable bonds is 4. The van der Waals surface area contributed by atoms with Crippen molar-refractivity contribution in [3.05, 3.63) is 29.8 Å². The van der Waals surface area contributed by atoms with E-state index in [0.717, 1.165) is 11.8 Å². The molecule has 1 aromatic carbocycles. The van der Waals surface area contributed by atoms with Crippen molar-refractivity contribution in [2.24, 2.45) is 11.8 Å². The maximum absolute atomic E-state index is 3.50. The number of thioether (sulfide) groups is 1. The Labute approximate surface area is 114 Å². The first-order chi connectivity index (χ1) is 8.81. The van der Waals surface area contributed by atoms with Gasteiger partial charge in [-0.3, -0.25) is 0 Å². The molecule has 0 aromatic heterocycles. The molecule has 98 valence electrons. The number of fused-ring (bicyclic) bond motifs is 1. The summed E-state index contributed by atoms with van der Waals surface area (Å²) in [5, 5.41) is 3.50. The zero-order valence-corrected chi connectivity index (χ0v) is 11.9. The van der Waals surface area contributed by atoms with Crippen molar-refractivity contribution in [1.29, 1.82) is 0 Å². The Morgan fingerprint density at radius 2 is 1.83 bits per heavy atom. The maximum Gasteiger partial charge on any atom is 0.0108 e. The van der Waals surface area contributed by atoms with E-state index in [4.69, 9.17) is 0 Å². The van der Waals surface area contributed by atoms with Gasteiger partial charge in [-0.15, -0.1) is 11.8 Å². The highest BCUT2D eigenvalue weighted by atomic mass is 32.2. The molecule has 0 spiro atoms. The van der Waals surface area contributed by atoms with E-state index < -0.39 is 0 Å². The number of nitrogens with one attached hydrogen (secondary N) is 1. The second-order valence-electron chi connectivity index (χ2n) is 5.60. The summed E-state index contributed by atoms with van der Waals surface area (Å²) in [4.78, 5) is 4.05. The molecular formula is C15H22N2S. The van der Waals surface area contributed by atoms with Crippen LogP contribution in [0.1, 0.15) is 5.56 Å². The average molecular weight is 262 g/mol. The summed E-state index contributed by atoms with van der Waals surface area (Å²) in [6, 6.07) is 8.88. The molecule has 2 aliphatic heterocycles. The predicted octanol–water partition coefficient (Wildman–Crippen LogP) is 2.24. The molecule has 0 radical (unpaired) electrons. The van der Waals surface area contributed by atoms with E-state index in [1.54, 1.807) is 0 Å². The van der Waals surface area contributed by atoms with Gasteiger partial charge in [-0.2, -0.15) is 0 Å². The van der Waals surface area contributed by atoms with Crippen molar-refractivity contribution in [1.82, 2.24) is 10.2 Å². The number of nitrogens with zero attached hydrogens (tertiary/aromatic N) is 1. The monoisotopic (exact) mass is 262 g/mol. The molecule has 0 bridgehead atoms. The van der Waals surface area contributed by atoms with Crippen LogP contribution < -0.4 is 5.32 Å². The van der Waals surface area contributed by atoms with Crippen LogP contribution in [0.25, 0.3) is 0 Å². The fourth-order valence-corrected chi connectivity index (χ4v) is 3.98. The number of hydrogen-bond acceptors (Lipinski definition) is 3. The van der Waals surface area contributed by atoms with Gasteiger partial charge in [0.2, 0.25) is 0 Å². The Morgan fingerprint density at radius 1 is 1.17 bits per heavy atom. The van der Waals surface area contributed by atoms with Crippen molar-refractivity contribution in [2.45, 2.75) is 11.8 Å². The first kappa shape index (κ1) is 12.5. The van der Waals surface area contributed by atoms with Crippen LogP contribution in [-0.4, -0.2) is 43.4 Å².